The largest absolute Gasteiger partial charge is 0.524 e. The molecule has 0 bridgehead atoms. The van der Waals surface area contributed by atoms with Crippen molar-refractivity contribution >= 4 is 64.1 Å². The van der Waals surface area contributed by atoms with E-state index in [1.165, 1.54) is 18.2 Å². The number of pyridine rings is 1. The minimum atomic E-state index is -4.78. The Bertz CT molecular complexity index is 1590. The van der Waals surface area contributed by atoms with Gasteiger partial charge in [0, 0.05) is 23.9 Å². The number of carbonyl (C=O) groups is 1. The second-order valence-corrected chi connectivity index (χ2v) is 11.4. The van der Waals surface area contributed by atoms with Crippen LogP contribution >= 0.6 is 30.4 Å². The number of aromatic nitrogens is 3. The van der Waals surface area contributed by atoms with E-state index in [9.17, 15) is 24.3 Å². The maximum absolute atomic E-state index is 11.4. The van der Waals surface area contributed by atoms with Gasteiger partial charge in [-0.2, -0.15) is 0 Å². The van der Waals surface area contributed by atoms with Crippen molar-refractivity contribution in [3.63, 3.8) is 0 Å². The number of aryl methyl sites for hydroxylation is 1. The summed E-state index contributed by atoms with van der Waals surface area (Å²) < 4.78 is 24.2. The van der Waals surface area contributed by atoms with Crippen molar-refractivity contribution in [2.75, 3.05) is 29.9 Å². The van der Waals surface area contributed by atoms with Crippen molar-refractivity contribution in [3.05, 3.63) is 53.3 Å². The summed E-state index contributed by atoms with van der Waals surface area (Å²) in [5, 5.41) is 14.2. The first-order valence-electron chi connectivity index (χ1n) is 13.1. The molecule has 14 heteroatoms. The van der Waals surface area contributed by atoms with Crippen molar-refractivity contribution in [3.8, 4) is 11.5 Å². The van der Waals surface area contributed by atoms with Gasteiger partial charge < -0.3 is 30.0 Å². The Morgan fingerprint density at radius 3 is 2.68 bits per heavy atom. The van der Waals surface area contributed by atoms with Gasteiger partial charge in [-0.15, -0.1) is 0 Å². The number of nitrogens with zero attached hydrogens (tertiary/aromatic N) is 3. The third-order valence-electron chi connectivity index (χ3n) is 6.43. The number of anilines is 1. The first-order valence-corrected chi connectivity index (χ1v) is 16.2. The number of ether oxygens (including phenoxy) is 1. The third-order valence-corrected chi connectivity index (χ3v) is 7.57. The zero-order chi connectivity index (χ0) is 29.6. The van der Waals surface area contributed by atoms with Crippen molar-refractivity contribution in [2.45, 2.75) is 39.2 Å². The van der Waals surface area contributed by atoms with Gasteiger partial charge in [0.2, 0.25) is 5.91 Å². The van der Waals surface area contributed by atoms with Gasteiger partial charge >= 0.3 is 7.82 Å². The summed E-state index contributed by atoms with van der Waals surface area (Å²) in [6, 6.07) is 9.93. The molecule has 0 aliphatic heterocycles. The normalized spacial score (nSPS) is 11.8. The number of alkyl halides is 1. The Balaban J connectivity index is 1.70. The summed E-state index contributed by atoms with van der Waals surface area (Å²) in [7, 11) is -4.78. The maximum Gasteiger partial charge on any atom is 0.524 e. The number of phenols is 1. The number of unbranched alkanes of at least 4 members (excludes halogenated alkanes) is 1. The minimum absolute atomic E-state index is 0.0243. The van der Waals surface area contributed by atoms with Crippen LogP contribution in [0.25, 0.3) is 21.9 Å². The number of amides is 1. The number of benzene rings is 2. The second kappa shape index (κ2) is 13.8. The van der Waals surface area contributed by atoms with Crippen molar-refractivity contribution in [1.29, 1.82) is 0 Å². The highest BCUT2D eigenvalue weighted by Gasteiger charge is 2.21. The number of nitrogens with two attached hydrogens (primary N) is 1. The van der Waals surface area contributed by atoms with Crippen LogP contribution in [0.2, 0.25) is 0 Å². The van der Waals surface area contributed by atoms with Crippen LogP contribution in [0.1, 0.15) is 36.7 Å². The number of halogens is 1. The standard InChI is InChI=1S/C27H33IN5O7P/c1-2-3-4-23-32-25-26(33(23)16-18-14-19(6-8-22(18)34)40-41(36,37)38)20-13-17(5-7-21(20)31-27(25)29)9-11-39-12-10-30-24(35)15-28/h5-8,13-14,34H,2-4,9-12,15-16H2,1H3,(H2,29,31)(H,30,35)(H2,36,37,38). The number of imidazole rings is 1. The number of rotatable bonds is 14. The first kappa shape index (κ1) is 31.0. The summed E-state index contributed by atoms with van der Waals surface area (Å²) in [6.07, 6.45) is 3.12. The molecular formula is C27H33IN5O7P. The van der Waals surface area contributed by atoms with Gasteiger partial charge in [-0.25, -0.2) is 14.5 Å². The molecule has 0 aliphatic rings. The molecule has 0 radical (unpaired) electrons. The lowest BCUT2D eigenvalue weighted by Gasteiger charge is -2.14. The van der Waals surface area contributed by atoms with Gasteiger partial charge in [-0.05, 0) is 48.7 Å². The fourth-order valence-corrected chi connectivity index (χ4v) is 5.17. The number of phosphoric ester groups is 1. The molecule has 0 aliphatic carbocycles. The zero-order valence-corrected chi connectivity index (χ0v) is 25.6. The number of aromatic hydroxyl groups is 1. The van der Waals surface area contributed by atoms with Crippen LogP contribution < -0.4 is 15.6 Å². The average Bonchev–Trinajstić information content (AvgIpc) is 3.29. The molecule has 0 fully saturated rings. The number of hydrogen-bond acceptors (Lipinski definition) is 8. The molecule has 0 atom stereocenters. The molecule has 2 aromatic carbocycles. The van der Waals surface area contributed by atoms with Gasteiger partial charge in [0.15, 0.2) is 5.82 Å². The van der Waals surface area contributed by atoms with Crippen molar-refractivity contribution < 1.29 is 33.5 Å². The summed E-state index contributed by atoms with van der Waals surface area (Å²) >= 11 is 2.01. The van der Waals surface area contributed by atoms with E-state index >= 15 is 0 Å². The van der Waals surface area contributed by atoms with Gasteiger partial charge in [0.1, 0.15) is 22.8 Å². The number of nitrogens with one attached hydrogen (secondary N) is 1. The van der Waals surface area contributed by atoms with Crippen LogP contribution in [0.5, 0.6) is 11.5 Å². The Labute approximate surface area is 250 Å². The molecule has 6 N–H and O–H groups in total. The molecule has 4 rings (SSSR count). The number of nitrogen functional groups attached to an aromatic ring is 1. The Morgan fingerprint density at radius 1 is 1.15 bits per heavy atom. The molecule has 41 heavy (non-hydrogen) atoms. The van der Waals surface area contributed by atoms with E-state index in [0.717, 1.165) is 35.1 Å². The molecule has 4 aromatic rings. The minimum Gasteiger partial charge on any atom is -0.508 e. The van der Waals surface area contributed by atoms with E-state index in [0.29, 0.717) is 53.6 Å². The van der Waals surface area contributed by atoms with Gasteiger partial charge in [0.25, 0.3) is 0 Å². The molecule has 12 nitrogen and oxygen atoms in total. The summed E-state index contributed by atoms with van der Waals surface area (Å²) in [6.45, 7) is 3.59. The Hall–Kier alpha value is -2.97. The molecule has 0 saturated carbocycles. The van der Waals surface area contributed by atoms with E-state index in [4.69, 9.17) is 20.0 Å². The van der Waals surface area contributed by atoms with Crippen LogP contribution in [0.3, 0.4) is 0 Å². The van der Waals surface area contributed by atoms with Crippen LogP contribution in [-0.4, -0.2) is 59.5 Å². The zero-order valence-electron chi connectivity index (χ0n) is 22.5. The predicted octanol–water partition coefficient (Wildman–Crippen LogP) is 3.85. The van der Waals surface area contributed by atoms with Crippen LogP contribution in [0.15, 0.2) is 36.4 Å². The molecular weight excluding hydrogens is 664 g/mol. The molecule has 0 saturated heterocycles. The number of hydrogen-bond donors (Lipinski definition) is 5. The molecule has 2 heterocycles. The maximum atomic E-state index is 11.4. The molecule has 2 aromatic heterocycles. The molecule has 0 spiro atoms. The Kier molecular flexibility index (Phi) is 10.4. The van der Waals surface area contributed by atoms with E-state index in [-0.39, 0.29) is 29.8 Å². The SMILES string of the molecule is CCCCc1nc2c(N)nc3ccc(CCOCCNC(=O)CI)cc3c2n1Cc1cc(OP(=O)(O)O)ccc1O. The lowest BCUT2D eigenvalue weighted by Crippen LogP contribution is -2.28. The number of carbonyl (C=O) groups excluding carboxylic acids is 1. The highest BCUT2D eigenvalue weighted by Crippen LogP contribution is 2.39. The van der Waals surface area contributed by atoms with E-state index in [1.807, 2.05) is 45.4 Å². The third kappa shape index (κ3) is 8.07. The molecule has 220 valence electrons. The quantitative estimate of drug-likeness (QED) is 0.0562. The smallest absolute Gasteiger partial charge is 0.508 e. The van der Waals surface area contributed by atoms with Crippen molar-refractivity contribution in [2.24, 2.45) is 0 Å². The number of fused-ring (bicyclic) bond motifs is 3. The average molecular weight is 697 g/mol. The fraction of sp³-hybridized carbons (Fsp3) is 0.370. The summed E-state index contributed by atoms with van der Waals surface area (Å²) in [4.78, 5) is 39.3. The van der Waals surface area contributed by atoms with E-state index in [1.54, 1.807) is 0 Å². The van der Waals surface area contributed by atoms with E-state index < -0.39 is 7.82 Å². The highest BCUT2D eigenvalue weighted by molar-refractivity contribution is 14.1. The van der Waals surface area contributed by atoms with E-state index in [2.05, 4.69) is 17.2 Å². The number of phosphoric acid groups is 1. The van der Waals surface area contributed by atoms with Crippen LogP contribution in [-0.2, 0) is 33.5 Å². The van der Waals surface area contributed by atoms with Crippen molar-refractivity contribution in [1.82, 2.24) is 19.9 Å². The summed E-state index contributed by atoms with van der Waals surface area (Å²) in [5.41, 5.74) is 9.76. The monoisotopic (exact) mass is 697 g/mol. The molecule has 1 amide bonds. The van der Waals surface area contributed by atoms with Gasteiger partial charge in [-0.1, -0.05) is 42.0 Å². The fourth-order valence-electron chi connectivity index (χ4n) is 4.51. The summed E-state index contributed by atoms with van der Waals surface area (Å²) in [5.74, 6) is 0.907. The lowest BCUT2D eigenvalue weighted by atomic mass is 10.1. The predicted molar refractivity (Wildman–Crippen MR) is 164 cm³/mol. The van der Waals surface area contributed by atoms with Crippen LogP contribution in [0, 0.1) is 0 Å². The van der Waals surface area contributed by atoms with Gasteiger partial charge in [-0.3, -0.25) is 14.6 Å². The Morgan fingerprint density at radius 2 is 1.95 bits per heavy atom. The highest BCUT2D eigenvalue weighted by atomic mass is 127. The first-order chi connectivity index (χ1) is 19.6. The number of phenolic OH excluding ortho intramolecular Hbond substituents is 1. The lowest BCUT2D eigenvalue weighted by molar-refractivity contribution is -0.118. The topological polar surface area (TPSA) is 182 Å². The molecule has 0 unspecified atom stereocenters. The second-order valence-electron chi connectivity index (χ2n) is 9.48. The van der Waals surface area contributed by atoms with Crippen LogP contribution in [0.4, 0.5) is 5.82 Å². The van der Waals surface area contributed by atoms with Gasteiger partial charge in [0.05, 0.1) is 35.2 Å².